The first kappa shape index (κ1) is 14.4. The molecule has 1 heterocycles. The minimum Gasteiger partial charge on any atom is -0.374 e. The summed E-state index contributed by atoms with van der Waals surface area (Å²) in [7, 11) is 0. The van der Waals surface area contributed by atoms with E-state index in [1.807, 2.05) is 6.92 Å². The lowest BCUT2D eigenvalue weighted by Gasteiger charge is -2.26. The van der Waals surface area contributed by atoms with Crippen molar-refractivity contribution >= 4 is 22.6 Å². The Hall–Kier alpha value is -1.06. The molecule has 0 saturated carbocycles. The van der Waals surface area contributed by atoms with Crippen LogP contribution in [-0.4, -0.2) is 21.8 Å². The second-order valence-corrected chi connectivity index (χ2v) is 5.65. The summed E-state index contributed by atoms with van der Waals surface area (Å²) in [5.74, 6) is 1.31. The largest absolute Gasteiger partial charge is 0.374 e. The molecule has 0 aliphatic carbocycles. The molecule has 0 atom stereocenters. The van der Waals surface area contributed by atoms with Gasteiger partial charge in [0.1, 0.15) is 5.82 Å². The van der Waals surface area contributed by atoms with Crippen molar-refractivity contribution in [2.45, 2.75) is 45.7 Å². The number of halogens is 1. The van der Waals surface area contributed by atoms with E-state index in [1.165, 1.54) is 5.56 Å². The fraction of sp³-hybridized carbons (Fsp3) is 0.533. The SMILES string of the molecule is CCOC(C)(C)Cn1c(CCl)nc2c(C)cccc21. The average Bonchev–Trinajstić information content (AvgIpc) is 2.68. The van der Waals surface area contributed by atoms with E-state index in [2.05, 4.69) is 48.5 Å². The maximum Gasteiger partial charge on any atom is 0.124 e. The van der Waals surface area contributed by atoms with Crippen molar-refractivity contribution in [1.82, 2.24) is 9.55 Å². The lowest BCUT2D eigenvalue weighted by atomic mass is 10.1. The molecule has 104 valence electrons. The predicted molar refractivity (Wildman–Crippen MR) is 79.7 cm³/mol. The third-order valence-electron chi connectivity index (χ3n) is 3.25. The summed E-state index contributed by atoms with van der Waals surface area (Å²) < 4.78 is 7.96. The van der Waals surface area contributed by atoms with Gasteiger partial charge < -0.3 is 9.30 Å². The smallest absolute Gasteiger partial charge is 0.124 e. The molecule has 0 unspecified atom stereocenters. The second kappa shape index (κ2) is 5.51. The number of nitrogens with zero attached hydrogens (tertiary/aromatic N) is 2. The predicted octanol–water partition coefficient (Wildman–Crippen LogP) is 3.90. The van der Waals surface area contributed by atoms with Crippen LogP contribution >= 0.6 is 11.6 Å². The first-order chi connectivity index (χ1) is 8.98. The zero-order valence-electron chi connectivity index (χ0n) is 12.0. The van der Waals surface area contributed by atoms with E-state index in [4.69, 9.17) is 16.3 Å². The normalized spacial score (nSPS) is 12.3. The summed E-state index contributed by atoms with van der Waals surface area (Å²) in [5.41, 5.74) is 3.11. The molecule has 19 heavy (non-hydrogen) atoms. The number of imidazole rings is 1. The van der Waals surface area contributed by atoms with Crippen LogP contribution in [0.4, 0.5) is 0 Å². The van der Waals surface area contributed by atoms with Crippen LogP contribution in [0.15, 0.2) is 18.2 Å². The van der Waals surface area contributed by atoms with E-state index in [0.717, 1.165) is 23.4 Å². The average molecular weight is 281 g/mol. The van der Waals surface area contributed by atoms with Gasteiger partial charge in [-0.05, 0) is 39.3 Å². The van der Waals surface area contributed by atoms with E-state index in [-0.39, 0.29) is 5.60 Å². The molecule has 0 radical (unpaired) electrons. The van der Waals surface area contributed by atoms with Crippen LogP contribution in [0.1, 0.15) is 32.2 Å². The van der Waals surface area contributed by atoms with E-state index >= 15 is 0 Å². The Bertz CT molecular complexity index is 575. The highest BCUT2D eigenvalue weighted by Gasteiger charge is 2.22. The molecule has 2 aromatic rings. The quantitative estimate of drug-likeness (QED) is 0.777. The van der Waals surface area contributed by atoms with Gasteiger partial charge in [-0.3, -0.25) is 0 Å². The van der Waals surface area contributed by atoms with Gasteiger partial charge in [0.25, 0.3) is 0 Å². The summed E-state index contributed by atoms with van der Waals surface area (Å²) in [6, 6.07) is 6.22. The van der Waals surface area contributed by atoms with Gasteiger partial charge in [-0.25, -0.2) is 4.98 Å². The van der Waals surface area contributed by atoms with Crippen molar-refractivity contribution in [3.63, 3.8) is 0 Å². The van der Waals surface area contributed by atoms with E-state index < -0.39 is 0 Å². The molecule has 0 amide bonds. The standard InChI is InChI=1S/C15H21ClN2O/c1-5-19-15(3,4)10-18-12-8-6-7-11(2)14(12)17-13(18)9-16/h6-8H,5,9-10H2,1-4H3. The zero-order chi connectivity index (χ0) is 14.0. The first-order valence-corrected chi connectivity index (χ1v) is 7.16. The molecule has 1 aromatic heterocycles. The highest BCUT2D eigenvalue weighted by atomic mass is 35.5. The molecule has 0 fully saturated rings. The summed E-state index contributed by atoms with van der Waals surface area (Å²) in [5, 5.41) is 0. The third kappa shape index (κ3) is 2.93. The van der Waals surface area contributed by atoms with Crippen LogP contribution in [0.2, 0.25) is 0 Å². The van der Waals surface area contributed by atoms with E-state index in [1.54, 1.807) is 0 Å². The second-order valence-electron chi connectivity index (χ2n) is 5.38. The van der Waals surface area contributed by atoms with Crippen molar-refractivity contribution < 1.29 is 4.74 Å². The zero-order valence-corrected chi connectivity index (χ0v) is 12.8. The van der Waals surface area contributed by atoms with Crippen molar-refractivity contribution in [2.24, 2.45) is 0 Å². The number of hydrogen-bond donors (Lipinski definition) is 0. The van der Waals surface area contributed by atoms with Crippen molar-refractivity contribution in [3.05, 3.63) is 29.6 Å². The highest BCUT2D eigenvalue weighted by Crippen LogP contribution is 2.24. The Kier molecular flexibility index (Phi) is 4.16. The van der Waals surface area contributed by atoms with Crippen molar-refractivity contribution in [3.8, 4) is 0 Å². The molecule has 0 N–H and O–H groups in total. The number of benzene rings is 1. The number of hydrogen-bond acceptors (Lipinski definition) is 2. The Morgan fingerprint density at radius 3 is 2.74 bits per heavy atom. The minimum atomic E-state index is -0.229. The van der Waals surface area contributed by atoms with Crippen LogP contribution in [-0.2, 0) is 17.2 Å². The van der Waals surface area contributed by atoms with Crippen LogP contribution in [0.3, 0.4) is 0 Å². The van der Waals surface area contributed by atoms with Gasteiger partial charge in [0.05, 0.1) is 29.1 Å². The molecule has 0 spiro atoms. The summed E-state index contributed by atoms with van der Waals surface area (Å²) in [4.78, 5) is 4.65. The monoisotopic (exact) mass is 280 g/mol. The third-order valence-corrected chi connectivity index (χ3v) is 3.49. The molecule has 0 aliphatic rings. The minimum absolute atomic E-state index is 0.229. The fourth-order valence-corrected chi connectivity index (χ4v) is 2.63. The Morgan fingerprint density at radius 1 is 1.37 bits per heavy atom. The van der Waals surface area contributed by atoms with E-state index in [0.29, 0.717) is 12.5 Å². The molecule has 0 saturated heterocycles. The Morgan fingerprint density at radius 2 is 2.11 bits per heavy atom. The number of alkyl halides is 1. The van der Waals surface area contributed by atoms with Gasteiger partial charge in [0.2, 0.25) is 0 Å². The van der Waals surface area contributed by atoms with Crippen LogP contribution < -0.4 is 0 Å². The number of rotatable bonds is 5. The summed E-state index contributed by atoms with van der Waals surface area (Å²) >= 11 is 6.04. The first-order valence-electron chi connectivity index (χ1n) is 6.63. The highest BCUT2D eigenvalue weighted by molar-refractivity contribution is 6.16. The van der Waals surface area contributed by atoms with Crippen LogP contribution in [0, 0.1) is 6.92 Å². The Balaban J connectivity index is 2.49. The molecular formula is C15H21ClN2O. The van der Waals surface area contributed by atoms with Crippen LogP contribution in [0.25, 0.3) is 11.0 Å². The number of ether oxygens (including phenoxy) is 1. The number of aromatic nitrogens is 2. The van der Waals surface area contributed by atoms with Gasteiger partial charge in [0.15, 0.2) is 0 Å². The van der Waals surface area contributed by atoms with Crippen LogP contribution in [0.5, 0.6) is 0 Å². The lowest BCUT2D eigenvalue weighted by molar-refractivity contribution is -0.0220. The molecular weight excluding hydrogens is 260 g/mol. The van der Waals surface area contributed by atoms with Gasteiger partial charge in [-0.2, -0.15) is 0 Å². The number of fused-ring (bicyclic) bond motifs is 1. The molecule has 3 nitrogen and oxygen atoms in total. The Labute approximate surface area is 119 Å². The van der Waals surface area contributed by atoms with Crippen molar-refractivity contribution in [2.75, 3.05) is 6.61 Å². The lowest BCUT2D eigenvalue weighted by Crippen LogP contribution is -2.31. The number of aryl methyl sites for hydroxylation is 1. The summed E-state index contributed by atoms with van der Waals surface area (Å²) in [6.45, 7) is 9.73. The molecule has 1 aromatic carbocycles. The fourth-order valence-electron chi connectivity index (χ4n) is 2.43. The number of para-hydroxylation sites is 1. The molecule has 4 heteroatoms. The molecule has 0 aliphatic heterocycles. The molecule has 0 bridgehead atoms. The van der Waals surface area contributed by atoms with Gasteiger partial charge in [-0.1, -0.05) is 12.1 Å². The van der Waals surface area contributed by atoms with Gasteiger partial charge in [-0.15, -0.1) is 11.6 Å². The maximum absolute atomic E-state index is 6.04. The van der Waals surface area contributed by atoms with Crippen molar-refractivity contribution in [1.29, 1.82) is 0 Å². The van der Waals surface area contributed by atoms with Gasteiger partial charge >= 0.3 is 0 Å². The maximum atomic E-state index is 6.04. The summed E-state index contributed by atoms with van der Waals surface area (Å²) in [6.07, 6.45) is 0. The van der Waals surface area contributed by atoms with E-state index in [9.17, 15) is 0 Å². The molecule has 2 rings (SSSR count). The van der Waals surface area contributed by atoms with Gasteiger partial charge in [0, 0.05) is 6.61 Å². The topological polar surface area (TPSA) is 27.1 Å².